The van der Waals surface area contributed by atoms with Crippen molar-refractivity contribution in [3.05, 3.63) is 143 Å². The number of halogens is 1. The van der Waals surface area contributed by atoms with E-state index in [1.165, 1.54) is 0 Å². The number of benzene rings is 4. The van der Waals surface area contributed by atoms with Crippen molar-refractivity contribution in [2.75, 3.05) is 0 Å². The van der Waals surface area contributed by atoms with Gasteiger partial charge in [0, 0.05) is 27.1 Å². The van der Waals surface area contributed by atoms with Gasteiger partial charge in [-0.3, -0.25) is 9.59 Å². The maximum absolute atomic E-state index is 14.5. The van der Waals surface area contributed by atoms with E-state index in [9.17, 15) is 9.59 Å². The fraction of sp³-hybridized carbons (Fsp3) is 0.0278. The Morgan fingerprint density at radius 3 is 2.17 bits per heavy atom. The molecule has 3 heterocycles. The number of rotatable bonds is 5. The number of para-hydroxylation sites is 2. The molecule has 5 heteroatoms. The number of carbonyl (C=O) groups excluding carboxylic acids is 2. The summed E-state index contributed by atoms with van der Waals surface area (Å²) in [4.78, 5) is 33.1. The molecule has 196 valence electrons. The molecule has 0 aliphatic carbocycles. The molecule has 0 aliphatic rings. The lowest BCUT2D eigenvalue weighted by atomic mass is 9.94. The van der Waals surface area contributed by atoms with E-state index in [1.807, 2.05) is 95.4 Å². The summed E-state index contributed by atoms with van der Waals surface area (Å²) in [5.41, 5.74) is 6.66. The quantitative estimate of drug-likeness (QED) is 0.201. The van der Waals surface area contributed by atoms with Crippen molar-refractivity contribution in [3.8, 4) is 22.4 Å². The first kappa shape index (κ1) is 24.9. The van der Waals surface area contributed by atoms with Crippen molar-refractivity contribution < 1.29 is 9.59 Å². The van der Waals surface area contributed by atoms with Crippen LogP contribution in [-0.2, 0) is 0 Å². The lowest BCUT2D eigenvalue weighted by molar-refractivity contribution is 0.101. The highest BCUT2D eigenvalue weighted by molar-refractivity contribution is 6.30. The Balaban J connectivity index is 1.69. The van der Waals surface area contributed by atoms with Gasteiger partial charge >= 0.3 is 0 Å². The summed E-state index contributed by atoms with van der Waals surface area (Å²) in [6.07, 6.45) is 0. The average Bonchev–Trinajstić information content (AvgIpc) is 3.38. The van der Waals surface area contributed by atoms with E-state index in [1.54, 1.807) is 31.2 Å². The van der Waals surface area contributed by atoms with Gasteiger partial charge < -0.3 is 4.40 Å². The Bertz CT molecular complexity index is 2150. The predicted molar refractivity (Wildman–Crippen MR) is 166 cm³/mol. The average molecular weight is 551 g/mol. The van der Waals surface area contributed by atoms with E-state index in [-0.39, 0.29) is 11.6 Å². The van der Waals surface area contributed by atoms with Crippen LogP contribution in [0.25, 0.3) is 49.7 Å². The molecule has 7 aromatic rings. The molecule has 0 N–H and O–H groups in total. The predicted octanol–water partition coefficient (Wildman–Crippen LogP) is 9.06. The van der Waals surface area contributed by atoms with Crippen LogP contribution < -0.4 is 0 Å². The highest BCUT2D eigenvalue weighted by atomic mass is 35.5. The van der Waals surface area contributed by atoms with E-state index in [2.05, 4.69) is 6.07 Å². The van der Waals surface area contributed by atoms with Crippen LogP contribution in [0, 0.1) is 0 Å². The summed E-state index contributed by atoms with van der Waals surface area (Å²) in [6.45, 7) is 1.56. The second kappa shape index (κ2) is 9.84. The standard InChI is InChI=1S/C36H23ClN2O2/c1-22(40)32-33(24-10-3-2-4-11-24)35(36(41)25-15-18-27(37)19-16-25)39-31-14-8-6-12-26(31)21-28(34(32)39)30-20-17-23-9-5-7-13-29(23)38-30/h2-21H,1H3. The summed E-state index contributed by atoms with van der Waals surface area (Å²) in [5, 5.41) is 2.50. The van der Waals surface area contributed by atoms with Crippen LogP contribution in [-0.4, -0.2) is 21.0 Å². The lowest BCUT2D eigenvalue weighted by Crippen LogP contribution is -2.08. The lowest BCUT2D eigenvalue weighted by Gasteiger charge is -2.13. The number of ketones is 2. The molecule has 0 amide bonds. The Morgan fingerprint density at radius 2 is 1.41 bits per heavy atom. The summed E-state index contributed by atoms with van der Waals surface area (Å²) >= 11 is 6.17. The Labute approximate surface area is 241 Å². The van der Waals surface area contributed by atoms with Crippen LogP contribution in [0.1, 0.15) is 33.3 Å². The molecular formula is C36H23ClN2O2. The van der Waals surface area contributed by atoms with Gasteiger partial charge in [-0.05, 0) is 66.4 Å². The molecule has 3 aromatic heterocycles. The first-order chi connectivity index (χ1) is 20.0. The number of hydrogen-bond donors (Lipinski definition) is 0. The maximum atomic E-state index is 14.5. The molecule has 0 saturated heterocycles. The molecule has 0 atom stereocenters. The topological polar surface area (TPSA) is 51.4 Å². The van der Waals surface area contributed by atoms with Crippen molar-refractivity contribution >= 4 is 50.5 Å². The summed E-state index contributed by atoms with van der Waals surface area (Å²) < 4.78 is 1.96. The number of nitrogens with zero attached hydrogens (tertiary/aromatic N) is 2. The minimum Gasteiger partial charge on any atom is -0.304 e. The maximum Gasteiger partial charge on any atom is 0.210 e. The highest BCUT2D eigenvalue weighted by Crippen LogP contribution is 2.41. The number of hydrogen-bond acceptors (Lipinski definition) is 3. The third-order valence-corrected chi connectivity index (χ3v) is 7.77. The largest absolute Gasteiger partial charge is 0.304 e. The number of pyridine rings is 2. The Morgan fingerprint density at radius 1 is 0.732 bits per heavy atom. The van der Waals surface area contributed by atoms with Crippen molar-refractivity contribution in [1.29, 1.82) is 0 Å². The van der Waals surface area contributed by atoms with Gasteiger partial charge in [0.25, 0.3) is 0 Å². The van der Waals surface area contributed by atoms with Crippen LogP contribution in [0.2, 0.25) is 5.02 Å². The van der Waals surface area contributed by atoms with Crippen molar-refractivity contribution in [3.63, 3.8) is 0 Å². The smallest absolute Gasteiger partial charge is 0.210 e. The number of aromatic nitrogens is 2. The highest BCUT2D eigenvalue weighted by Gasteiger charge is 2.30. The van der Waals surface area contributed by atoms with Crippen molar-refractivity contribution in [1.82, 2.24) is 9.38 Å². The first-order valence-corrected chi connectivity index (χ1v) is 13.7. The van der Waals surface area contributed by atoms with Gasteiger partial charge in [0.05, 0.1) is 27.8 Å². The van der Waals surface area contributed by atoms with E-state index >= 15 is 0 Å². The number of Topliss-reactive ketones (excluding diaryl/α,β-unsaturated/α-hetero) is 1. The minimum absolute atomic E-state index is 0.131. The van der Waals surface area contributed by atoms with Gasteiger partial charge in [-0.15, -0.1) is 0 Å². The van der Waals surface area contributed by atoms with E-state index in [0.717, 1.165) is 38.6 Å². The molecule has 0 fully saturated rings. The van der Waals surface area contributed by atoms with Crippen molar-refractivity contribution in [2.45, 2.75) is 6.92 Å². The molecule has 7 rings (SSSR count). The SMILES string of the molecule is CC(=O)c1c(-c2ccccc2)c(C(=O)c2ccc(Cl)cc2)n2c1c(-c1ccc3ccccc3n1)cc1ccccc12. The molecule has 4 nitrogen and oxygen atoms in total. The molecule has 0 bridgehead atoms. The molecule has 0 unspecified atom stereocenters. The van der Waals surface area contributed by atoms with E-state index < -0.39 is 0 Å². The van der Waals surface area contributed by atoms with Gasteiger partial charge in [-0.1, -0.05) is 84.4 Å². The third kappa shape index (κ3) is 4.12. The minimum atomic E-state index is -0.197. The summed E-state index contributed by atoms with van der Waals surface area (Å²) in [6, 6.07) is 38.5. The molecular weight excluding hydrogens is 528 g/mol. The molecule has 0 spiro atoms. The Kier molecular flexibility index (Phi) is 5.99. The van der Waals surface area contributed by atoms with Crippen LogP contribution >= 0.6 is 11.6 Å². The van der Waals surface area contributed by atoms with E-state index in [4.69, 9.17) is 16.6 Å². The van der Waals surface area contributed by atoms with Crippen LogP contribution in [0.3, 0.4) is 0 Å². The van der Waals surface area contributed by atoms with Gasteiger partial charge in [-0.2, -0.15) is 0 Å². The zero-order chi connectivity index (χ0) is 28.1. The third-order valence-electron chi connectivity index (χ3n) is 7.51. The zero-order valence-electron chi connectivity index (χ0n) is 22.1. The fourth-order valence-electron chi connectivity index (χ4n) is 5.70. The van der Waals surface area contributed by atoms with E-state index in [0.29, 0.717) is 32.9 Å². The number of fused-ring (bicyclic) bond motifs is 4. The molecule has 41 heavy (non-hydrogen) atoms. The fourth-order valence-corrected chi connectivity index (χ4v) is 5.82. The second-order valence-corrected chi connectivity index (χ2v) is 10.5. The van der Waals surface area contributed by atoms with Crippen molar-refractivity contribution in [2.24, 2.45) is 0 Å². The summed E-state index contributed by atoms with van der Waals surface area (Å²) in [5.74, 6) is -0.328. The first-order valence-electron chi connectivity index (χ1n) is 13.3. The van der Waals surface area contributed by atoms with Crippen LogP contribution in [0.4, 0.5) is 0 Å². The zero-order valence-corrected chi connectivity index (χ0v) is 22.9. The van der Waals surface area contributed by atoms with Crippen LogP contribution in [0.15, 0.2) is 121 Å². The monoisotopic (exact) mass is 550 g/mol. The van der Waals surface area contributed by atoms with Gasteiger partial charge in [0.1, 0.15) is 5.69 Å². The van der Waals surface area contributed by atoms with Gasteiger partial charge in [0.15, 0.2) is 5.78 Å². The molecule has 0 aliphatic heterocycles. The Hall–Kier alpha value is -5.06. The van der Waals surface area contributed by atoms with Gasteiger partial charge in [-0.25, -0.2) is 4.98 Å². The molecule has 0 radical (unpaired) electrons. The number of carbonyl (C=O) groups is 2. The van der Waals surface area contributed by atoms with Crippen LogP contribution in [0.5, 0.6) is 0 Å². The summed E-state index contributed by atoms with van der Waals surface area (Å²) in [7, 11) is 0. The normalized spacial score (nSPS) is 11.4. The van der Waals surface area contributed by atoms with Gasteiger partial charge in [0.2, 0.25) is 5.78 Å². The second-order valence-electron chi connectivity index (χ2n) is 10.0. The molecule has 4 aromatic carbocycles. The molecule has 0 saturated carbocycles.